The summed E-state index contributed by atoms with van der Waals surface area (Å²) in [6, 6.07) is 2.19. The Morgan fingerprint density at radius 1 is 1.59 bits per heavy atom. The Morgan fingerprint density at radius 3 is 3.18 bits per heavy atom. The van der Waals surface area contributed by atoms with E-state index in [2.05, 4.69) is 18.0 Å². The second-order valence-corrected chi connectivity index (χ2v) is 4.66. The molecule has 1 heterocycles. The number of carbonyl (C=O) groups excluding carboxylic acids is 1. The Morgan fingerprint density at radius 2 is 2.41 bits per heavy atom. The van der Waals surface area contributed by atoms with Crippen LogP contribution in [0.3, 0.4) is 0 Å². The van der Waals surface area contributed by atoms with Crippen LogP contribution in [0.25, 0.3) is 0 Å². The van der Waals surface area contributed by atoms with Crippen LogP contribution in [0.1, 0.15) is 48.9 Å². The molecule has 0 N–H and O–H groups in total. The molecular weight excluding hydrogens is 214 g/mol. The van der Waals surface area contributed by atoms with E-state index in [-0.39, 0.29) is 11.9 Å². The van der Waals surface area contributed by atoms with Gasteiger partial charge in [-0.3, -0.25) is 9.78 Å². The van der Waals surface area contributed by atoms with Crippen molar-refractivity contribution < 1.29 is 9.53 Å². The Hall–Kier alpha value is -1.38. The van der Waals surface area contributed by atoms with Crippen LogP contribution in [0.5, 0.6) is 0 Å². The minimum Gasteiger partial charge on any atom is -0.466 e. The lowest BCUT2D eigenvalue weighted by Gasteiger charge is -2.23. The van der Waals surface area contributed by atoms with Gasteiger partial charge in [0, 0.05) is 17.8 Å². The van der Waals surface area contributed by atoms with Crippen LogP contribution in [0.15, 0.2) is 12.3 Å². The van der Waals surface area contributed by atoms with Gasteiger partial charge in [-0.1, -0.05) is 6.07 Å². The standard InChI is InChI=1S/C14H19NO2/c1-3-17-13(16)8-12-6-4-5-11-7-10(2)9-15-14(11)12/h7,9,12H,3-6,8H2,1-2H3. The van der Waals surface area contributed by atoms with Gasteiger partial charge in [0.2, 0.25) is 0 Å². The first-order valence-corrected chi connectivity index (χ1v) is 6.31. The molecule has 0 aromatic carbocycles. The Labute approximate surface area is 102 Å². The van der Waals surface area contributed by atoms with E-state index in [1.165, 1.54) is 11.1 Å². The van der Waals surface area contributed by atoms with E-state index >= 15 is 0 Å². The second-order valence-electron chi connectivity index (χ2n) is 4.66. The Bertz CT molecular complexity index is 415. The molecule has 1 aromatic heterocycles. The van der Waals surface area contributed by atoms with Crippen LogP contribution >= 0.6 is 0 Å². The van der Waals surface area contributed by atoms with Crippen LogP contribution in [0.4, 0.5) is 0 Å². The summed E-state index contributed by atoms with van der Waals surface area (Å²) in [5, 5.41) is 0. The van der Waals surface area contributed by atoms with Gasteiger partial charge in [0.1, 0.15) is 0 Å². The van der Waals surface area contributed by atoms with E-state index < -0.39 is 0 Å². The summed E-state index contributed by atoms with van der Waals surface area (Å²) in [5.74, 6) is 0.145. The van der Waals surface area contributed by atoms with Crippen LogP contribution < -0.4 is 0 Å². The molecule has 0 fully saturated rings. The number of esters is 1. The van der Waals surface area contributed by atoms with Crippen molar-refractivity contribution in [2.75, 3.05) is 6.61 Å². The number of aryl methyl sites for hydroxylation is 2. The maximum absolute atomic E-state index is 11.5. The molecule has 3 nitrogen and oxygen atoms in total. The lowest BCUT2D eigenvalue weighted by Crippen LogP contribution is -2.17. The van der Waals surface area contributed by atoms with Crippen molar-refractivity contribution in [3.63, 3.8) is 0 Å². The zero-order valence-electron chi connectivity index (χ0n) is 10.5. The summed E-state index contributed by atoms with van der Waals surface area (Å²) in [4.78, 5) is 16.0. The summed E-state index contributed by atoms with van der Waals surface area (Å²) in [6.45, 7) is 4.36. The van der Waals surface area contributed by atoms with Crippen LogP contribution in [0.2, 0.25) is 0 Å². The third-order valence-corrected chi connectivity index (χ3v) is 3.24. The molecule has 0 aliphatic heterocycles. The fourth-order valence-electron chi connectivity index (χ4n) is 2.50. The number of nitrogens with zero attached hydrogens (tertiary/aromatic N) is 1. The van der Waals surface area contributed by atoms with Crippen molar-refractivity contribution in [2.24, 2.45) is 0 Å². The van der Waals surface area contributed by atoms with Crippen LogP contribution in [-0.4, -0.2) is 17.6 Å². The van der Waals surface area contributed by atoms with Gasteiger partial charge in [-0.05, 0) is 44.2 Å². The van der Waals surface area contributed by atoms with Gasteiger partial charge in [0.15, 0.2) is 0 Å². The van der Waals surface area contributed by atoms with Gasteiger partial charge in [0.25, 0.3) is 0 Å². The fraction of sp³-hybridized carbons (Fsp3) is 0.571. The highest BCUT2D eigenvalue weighted by Crippen LogP contribution is 2.32. The molecule has 1 aliphatic rings. The average molecular weight is 233 g/mol. The molecule has 1 unspecified atom stereocenters. The van der Waals surface area contributed by atoms with E-state index in [1.807, 2.05) is 13.1 Å². The molecule has 2 rings (SSSR count). The first kappa shape index (κ1) is 12.1. The van der Waals surface area contributed by atoms with Crippen molar-refractivity contribution in [2.45, 2.75) is 45.4 Å². The molecule has 0 amide bonds. The fourth-order valence-corrected chi connectivity index (χ4v) is 2.50. The van der Waals surface area contributed by atoms with E-state index in [1.54, 1.807) is 0 Å². The van der Waals surface area contributed by atoms with Gasteiger partial charge in [-0.25, -0.2) is 0 Å². The summed E-state index contributed by atoms with van der Waals surface area (Å²) >= 11 is 0. The molecule has 0 saturated carbocycles. The first-order valence-electron chi connectivity index (χ1n) is 6.31. The lowest BCUT2D eigenvalue weighted by atomic mass is 9.84. The molecule has 1 atom stereocenters. The van der Waals surface area contributed by atoms with Gasteiger partial charge in [-0.2, -0.15) is 0 Å². The average Bonchev–Trinajstić information content (AvgIpc) is 2.29. The van der Waals surface area contributed by atoms with Gasteiger partial charge < -0.3 is 4.74 Å². The Balaban J connectivity index is 2.14. The summed E-state index contributed by atoms with van der Waals surface area (Å²) < 4.78 is 5.02. The minimum atomic E-state index is -0.104. The zero-order valence-corrected chi connectivity index (χ0v) is 10.5. The van der Waals surface area contributed by atoms with Crippen molar-refractivity contribution in [3.8, 4) is 0 Å². The molecule has 1 aliphatic carbocycles. The Kier molecular flexibility index (Phi) is 3.77. The van der Waals surface area contributed by atoms with Gasteiger partial charge >= 0.3 is 5.97 Å². The maximum atomic E-state index is 11.5. The first-order chi connectivity index (χ1) is 8.20. The molecular formula is C14H19NO2. The number of carbonyl (C=O) groups is 1. The van der Waals surface area contributed by atoms with Gasteiger partial charge in [0.05, 0.1) is 13.0 Å². The number of rotatable bonds is 3. The molecule has 17 heavy (non-hydrogen) atoms. The maximum Gasteiger partial charge on any atom is 0.306 e. The number of aromatic nitrogens is 1. The molecule has 1 aromatic rings. The second kappa shape index (κ2) is 5.30. The van der Waals surface area contributed by atoms with Gasteiger partial charge in [-0.15, -0.1) is 0 Å². The predicted molar refractivity (Wildman–Crippen MR) is 65.9 cm³/mol. The number of hydrogen-bond donors (Lipinski definition) is 0. The van der Waals surface area contributed by atoms with Crippen molar-refractivity contribution in [1.29, 1.82) is 0 Å². The summed E-state index contributed by atoms with van der Waals surface area (Å²) in [5.41, 5.74) is 3.61. The van der Waals surface area contributed by atoms with E-state index in [0.717, 1.165) is 25.0 Å². The highest BCUT2D eigenvalue weighted by Gasteiger charge is 2.24. The summed E-state index contributed by atoms with van der Waals surface area (Å²) in [7, 11) is 0. The minimum absolute atomic E-state index is 0.104. The topological polar surface area (TPSA) is 39.2 Å². The van der Waals surface area contributed by atoms with E-state index in [9.17, 15) is 4.79 Å². The van der Waals surface area contributed by atoms with Crippen molar-refractivity contribution in [3.05, 3.63) is 29.1 Å². The van der Waals surface area contributed by atoms with Crippen molar-refractivity contribution in [1.82, 2.24) is 4.98 Å². The third kappa shape index (κ3) is 2.84. The van der Waals surface area contributed by atoms with Crippen LogP contribution in [0, 0.1) is 6.92 Å². The highest BCUT2D eigenvalue weighted by atomic mass is 16.5. The van der Waals surface area contributed by atoms with E-state index in [4.69, 9.17) is 4.74 Å². The zero-order chi connectivity index (χ0) is 12.3. The van der Waals surface area contributed by atoms with Crippen molar-refractivity contribution >= 4 is 5.97 Å². The molecule has 0 spiro atoms. The monoisotopic (exact) mass is 233 g/mol. The lowest BCUT2D eigenvalue weighted by molar-refractivity contribution is -0.143. The predicted octanol–water partition coefficient (Wildman–Crippen LogP) is 2.76. The molecule has 0 bridgehead atoms. The largest absolute Gasteiger partial charge is 0.466 e. The molecule has 0 saturated heterocycles. The van der Waals surface area contributed by atoms with E-state index in [0.29, 0.717) is 13.0 Å². The van der Waals surface area contributed by atoms with Crippen LogP contribution in [-0.2, 0) is 16.0 Å². The smallest absolute Gasteiger partial charge is 0.306 e. The number of hydrogen-bond acceptors (Lipinski definition) is 3. The molecule has 0 radical (unpaired) electrons. The number of pyridine rings is 1. The number of fused-ring (bicyclic) bond motifs is 1. The SMILES string of the molecule is CCOC(=O)CC1CCCc2cc(C)cnc21. The summed E-state index contributed by atoms with van der Waals surface area (Å²) in [6.07, 6.45) is 5.63. The molecule has 3 heteroatoms. The quantitative estimate of drug-likeness (QED) is 0.753. The normalized spacial score (nSPS) is 18.6. The molecule has 92 valence electrons. The highest BCUT2D eigenvalue weighted by molar-refractivity contribution is 5.70. The number of ether oxygens (including phenoxy) is 1. The third-order valence-electron chi connectivity index (χ3n) is 3.24.